The highest BCUT2D eigenvalue weighted by Crippen LogP contribution is 2.38. The lowest BCUT2D eigenvalue weighted by atomic mass is 10.0. The first kappa shape index (κ1) is 16.8. The molecule has 4 nitrogen and oxygen atoms in total. The number of amides is 2. The highest BCUT2D eigenvalue weighted by Gasteiger charge is 2.34. The van der Waals surface area contributed by atoms with Crippen LogP contribution in [0.5, 0.6) is 0 Å². The summed E-state index contributed by atoms with van der Waals surface area (Å²) < 4.78 is 0. The predicted molar refractivity (Wildman–Crippen MR) is 103 cm³/mol. The summed E-state index contributed by atoms with van der Waals surface area (Å²) in [5.74, 6) is 0.178. The van der Waals surface area contributed by atoms with E-state index in [4.69, 9.17) is 0 Å². The van der Waals surface area contributed by atoms with Crippen LogP contribution in [0.15, 0.2) is 42.5 Å². The first-order chi connectivity index (χ1) is 12.5. The summed E-state index contributed by atoms with van der Waals surface area (Å²) in [6, 6.07) is 14.5. The summed E-state index contributed by atoms with van der Waals surface area (Å²) in [6.45, 7) is 5.42. The summed E-state index contributed by atoms with van der Waals surface area (Å²) in [5.41, 5.74) is 5.88. The lowest BCUT2D eigenvalue weighted by molar-refractivity contribution is -0.128. The molecule has 134 valence electrons. The monoisotopic (exact) mass is 348 g/mol. The number of nitrogens with zero attached hydrogens (tertiary/aromatic N) is 1. The average Bonchev–Trinajstić information content (AvgIpc) is 3.15. The SMILES string of the molecule is CC(C)CN1C[C@@H](C(=O)Nc2ccc3c(c2)-c2ccccc2C3)CC1=O. The van der Waals surface area contributed by atoms with Crippen LogP contribution in [0.3, 0.4) is 0 Å². The number of anilines is 1. The lowest BCUT2D eigenvalue weighted by Gasteiger charge is -2.18. The van der Waals surface area contributed by atoms with Gasteiger partial charge in [0.25, 0.3) is 0 Å². The number of carbonyl (C=O) groups excluding carboxylic acids is 2. The standard InChI is InChI=1S/C22H24N2O2/c1-14(2)12-24-13-17(10-21(24)25)22(26)23-18-8-7-16-9-15-5-3-4-6-19(15)20(16)11-18/h3-8,11,14,17H,9-10,12-13H2,1-2H3,(H,23,26)/t17-/m0/s1. The summed E-state index contributed by atoms with van der Waals surface area (Å²) >= 11 is 0. The predicted octanol–water partition coefficient (Wildman–Crippen LogP) is 3.70. The van der Waals surface area contributed by atoms with Gasteiger partial charge in [-0.2, -0.15) is 0 Å². The fourth-order valence-corrected chi connectivity index (χ4v) is 4.01. The molecule has 2 aliphatic rings. The Balaban J connectivity index is 1.48. The van der Waals surface area contributed by atoms with Crippen molar-refractivity contribution in [3.05, 3.63) is 53.6 Å². The van der Waals surface area contributed by atoms with E-state index in [1.165, 1.54) is 22.3 Å². The van der Waals surface area contributed by atoms with Crippen molar-refractivity contribution in [1.29, 1.82) is 0 Å². The Bertz CT molecular complexity index is 872. The van der Waals surface area contributed by atoms with E-state index in [-0.39, 0.29) is 17.7 Å². The highest BCUT2D eigenvalue weighted by molar-refractivity contribution is 5.98. The molecule has 0 saturated carbocycles. The van der Waals surface area contributed by atoms with Crippen molar-refractivity contribution in [2.75, 3.05) is 18.4 Å². The minimum atomic E-state index is -0.262. The third kappa shape index (κ3) is 3.12. The van der Waals surface area contributed by atoms with E-state index in [2.05, 4.69) is 49.5 Å². The van der Waals surface area contributed by atoms with Crippen LogP contribution in [-0.2, 0) is 16.0 Å². The van der Waals surface area contributed by atoms with Crippen LogP contribution in [0.25, 0.3) is 11.1 Å². The Morgan fingerprint density at radius 3 is 2.73 bits per heavy atom. The molecule has 0 unspecified atom stereocenters. The number of nitrogens with one attached hydrogen (secondary N) is 1. The second-order valence-electron chi connectivity index (χ2n) is 7.79. The van der Waals surface area contributed by atoms with E-state index in [0.29, 0.717) is 18.9 Å². The molecule has 1 N–H and O–H groups in total. The van der Waals surface area contributed by atoms with Gasteiger partial charge >= 0.3 is 0 Å². The molecule has 2 amide bonds. The summed E-state index contributed by atoms with van der Waals surface area (Å²) in [4.78, 5) is 26.6. The van der Waals surface area contributed by atoms with Crippen molar-refractivity contribution in [2.45, 2.75) is 26.7 Å². The molecule has 1 atom stereocenters. The third-order valence-corrected chi connectivity index (χ3v) is 5.24. The van der Waals surface area contributed by atoms with Gasteiger partial charge in [-0.1, -0.05) is 44.2 Å². The molecule has 2 aromatic rings. The zero-order valence-corrected chi connectivity index (χ0v) is 15.3. The van der Waals surface area contributed by atoms with E-state index in [9.17, 15) is 9.59 Å². The van der Waals surface area contributed by atoms with E-state index >= 15 is 0 Å². The van der Waals surface area contributed by atoms with Gasteiger partial charge in [0.2, 0.25) is 11.8 Å². The van der Waals surface area contributed by atoms with Gasteiger partial charge in [0.05, 0.1) is 5.92 Å². The van der Waals surface area contributed by atoms with E-state index in [0.717, 1.165) is 18.7 Å². The number of fused-ring (bicyclic) bond motifs is 3. The molecule has 1 aliphatic heterocycles. The summed E-state index contributed by atoms with van der Waals surface area (Å²) in [6.07, 6.45) is 1.26. The molecule has 26 heavy (non-hydrogen) atoms. The smallest absolute Gasteiger partial charge is 0.229 e. The molecule has 1 fully saturated rings. The van der Waals surface area contributed by atoms with Crippen molar-refractivity contribution >= 4 is 17.5 Å². The molecule has 0 radical (unpaired) electrons. The van der Waals surface area contributed by atoms with Gasteiger partial charge in [0.1, 0.15) is 0 Å². The van der Waals surface area contributed by atoms with Gasteiger partial charge < -0.3 is 10.2 Å². The van der Waals surface area contributed by atoms with Gasteiger partial charge in [-0.3, -0.25) is 9.59 Å². The van der Waals surface area contributed by atoms with Crippen molar-refractivity contribution in [3.8, 4) is 11.1 Å². The Morgan fingerprint density at radius 1 is 1.15 bits per heavy atom. The zero-order valence-electron chi connectivity index (χ0n) is 15.3. The molecule has 1 aliphatic carbocycles. The van der Waals surface area contributed by atoms with Crippen LogP contribution in [-0.4, -0.2) is 29.8 Å². The molecule has 1 heterocycles. The fourth-order valence-electron chi connectivity index (χ4n) is 4.01. The van der Waals surface area contributed by atoms with Crippen LogP contribution < -0.4 is 5.32 Å². The minimum absolute atomic E-state index is 0.0594. The first-order valence-electron chi connectivity index (χ1n) is 9.31. The number of hydrogen-bond donors (Lipinski definition) is 1. The van der Waals surface area contributed by atoms with Crippen LogP contribution in [0.2, 0.25) is 0 Å². The molecule has 0 spiro atoms. The summed E-state index contributed by atoms with van der Waals surface area (Å²) in [7, 11) is 0. The Morgan fingerprint density at radius 2 is 1.92 bits per heavy atom. The van der Waals surface area contributed by atoms with Crippen molar-refractivity contribution < 1.29 is 9.59 Å². The number of carbonyl (C=O) groups is 2. The van der Waals surface area contributed by atoms with Crippen LogP contribution in [0, 0.1) is 11.8 Å². The highest BCUT2D eigenvalue weighted by atomic mass is 16.2. The molecular weight excluding hydrogens is 324 g/mol. The maximum absolute atomic E-state index is 12.6. The third-order valence-electron chi connectivity index (χ3n) is 5.24. The van der Waals surface area contributed by atoms with Crippen LogP contribution in [0.4, 0.5) is 5.69 Å². The maximum atomic E-state index is 12.6. The number of benzene rings is 2. The minimum Gasteiger partial charge on any atom is -0.342 e. The molecule has 4 rings (SSSR count). The molecule has 2 aromatic carbocycles. The van der Waals surface area contributed by atoms with Gasteiger partial charge in [0.15, 0.2) is 0 Å². The first-order valence-corrected chi connectivity index (χ1v) is 9.31. The Kier molecular flexibility index (Phi) is 4.27. The normalized spacial score (nSPS) is 18.2. The zero-order chi connectivity index (χ0) is 18.3. The molecule has 1 saturated heterocycles. The quantitative estimate of drug-likeness (QED) is 0.781. The number of likely N-dealkylation sites (tertiary alicyclic amines) is 1. The Hall–Kier alpha value is -2.62. The topological polar surface area (TPSA) is 49.4 Å². The Labute approximate surface area is 154 Å². The average molecular weight is 348 g/mol. The maximum Gasteiger partial charge on any atom is 0.229 e. The summed E-state index contributed by atoms with van der Waals surface area (Å²) in [5, 5.41) is 3.02. The second kappa shape index (κ2) is 6.60. The van der Waals surface area contributed by atoms with Crippen LogP contribution >= 0.6 is 0 Å². The van der Waals surface area contributed by atoms with Crippen LogP contribution in [0.1, 0.15) is 31.4 Å². The fraction of sp³-hybridized carbons (Fsp3) is 0.364. The number of hydrogen-bond acceptors (Lipinski definition) is 2. The van der Waals surface area contributed by atoms with Gasteiger partial charge in [0, 0.05) is 25.2 Å². The van der Waals surface area contributed by atoms with E-state index in [1.54, 1.807) is 0 Å². The van der Waals surface area contributed by atoms with Gasteiger partial charge in [-0.25, -0.2) is 0 Å². The second-order valence-corrected chi connectivity index (χ2v) is 7.79. The van der Waals surface area contributed by atoms with Crippen molar-refractivity contribution in [1.82, 2.24) is 4.90 Å². The van der Waals surface area contributed by atoms with Crippen molar-refractivity contribution in [2.24, 2.45) is 11.8 Å². The molecule has 0 bridgehead atoms. The van der Waals surface area contributed by atoms with Gasteiger partial charge in [-0.15, -0.1) is 0 Å². The molecule has 4 heteroatoms. The largest absolute Gasteiger partial charge is 0.342 e. The van der Waals surface area contributed by atoms with Crippen molar-refractivity contribution in [3.63, 3.8) is 0 Å². The molecular formula is C22H24N2O2. The number of rotatable bonds is 4. The van der Waals surface area contributed by atoms with Gasteiger partial charge in [-0.05, 0) is 46.7 Å². The lowest BCUT2D eigenvalue weighted by Crippen LogP contribution is -2.31. The molecule has 0 aromatic heterocycles. The van der Waals surface area contributed by atoms with E-state index < -0.39 is 0 Å². The van der Waals surface area contributed by atoms with E-state index in [1.807, 2.05) is 17.0 Å².